The molecule has 2 aliphatic rings. The van der Waals surface area contributed by atoms with E-state index in [9.17, 15) is 9.59 Å². The van der Waals surface area contributed by atoms with Crippen LogP contribution in [0.5, 0.6) is 5.75 Å². The smallest absolute Gasteiger partial charge is 0.329 e. The Kier molecular flexibility index (Phi) is 6.54. The maximum Gasteiger partial charge on any atom is 0.329 e. The number of rotatable bonds is 6. The number of imidazole rings is 1. The first-order valence-electron chi connectivity index (χ1n) is 12.8. The third kappa shape index (κ3) is 5.25. The first kappa shape index (κ1) is 25.0. The first-order chi connectivity index (χ1) is 17.6. The predicted octanol–water partition coefficient (Wildman–Crippen LogP) is 4.86. The lowest BCUT2D eigenvalue weighted by molar-refractivity contribution is -0.120. The number of nitrogens with zero attached hydrogens (tertiary/aromatic N) is 4. The standard InChI is InChI=1S/C29H35N5O3/c1-19(29(2,3)4)37-24-10-6-20(7-11-24)16-33-17-22-9-8-21(14-23(22)18-33)27-30-15-26(32(27)5)34-13-12-25(35)31-28(34)36/h6-11,14-15,19H,12-13,16-18H2,1-5H3,(H,31,35,36). The van der Waals surface area contributed by atoms with Crippen LogP contribution in [0.25, 0.3) is 11.4 Å². The lowest BCUT2D eigenvalue weighted by Crippen LogP contribution is -2.50. The molecule has 1 fully saturated rings. The van der Waals surface area contributed by atoms with Crippen molar-refractivity contribution in [3.05, 3.63) is 65.4 Å². The van der Waals surface area contributed by atoms with Gasteiger partial charge in [-0.2, -0.15) is 0 Å². The Bertz CT molecular complexity index is 1320. The Balaban J connectivity index is 1.25. The summed E-state index contributed by atoms with van der Waals surface area (Å²) in [4.78, 5) is 32.4. The van der Waals surface area contributed by atoms with Crippen LogP contribution in [0.1, 0.15) is 50.8 Å². The van der Waals surface area contributed by atoms with E-state index >= 15 is 0 Å². The van der Waals surface area contributed by atoms with E-state index in [1.54, 1.807) is 11.1 Å². The largest absolute Gasteiger partial charge is 0.490 e. The zero-order valence-electron chi connectivity index (χ0n) is 22.2. The molecule has 194 valence electrons. The molecule has 0 radical (unpaired) electrons. The highest BCUT2D eigenvalue weighted by Crippen LogP contribution is 2.31. The van der Waals surface area contributed by atoms with Crippen molar-refractivity contribution in [3.63, 3.8) is 0 Å². The van der Waals surface area contributed by atoms with Crippen LogP contribution in [0, 0.1) is 5.41 Å². The number of aromatic nitrogens is 2. The molecular weight excluding hydrogens is 466 g/mol. The van der Waals surface area contributed by atoms with Crippen molar-refractivity contribution < 1.29 is 14.3 Å². The predicted molar refractivity (Wildman–Crippen MR) is 143 cm³/mol. The molecule has 1 N–H and O–H groups in total. The number of benzene rings is 2. The summed E-state index contributed by atoms with van der Waals surface area (Å²) in [7, 11) is 1.90. The molecule has 3 amide bonds. The van der Waals surface area contributed by atoms with Gasteiger partial charge in [0.25, 0.3) is 0 Å². The fraction of sp³-hybridized carbons (Fsp3) is 0.414. The average Bonchev–Trinajstić information content (AvgIpc) is 3.42. The number of anilines is 1. The van der Waals surface area contributed by atoms with Crippen LogP contribution >= 0.6 is 0 Å². The normalized spacial score (nSPS) is 17.1. The fourth-order valence-corrected chi connectivity index (χ4v) is 4.73. The highest BCUT2D eigenvalue weighted by Gasteiger charge is 2.28. The summed E-state index contributed by atoms with van der Waals surface area (Å²) < 4.78 is 8.02. The van der Waals surface area contributed by atoms with Crippen molar-refractivity contribution in [3.8, 4) is 17.1 Å². The molecule has 5 rings (SSSR count). The van der Waals surface area contributed by atoms with Gasteiger partial charge in [0, 0.05) is 45.2 Å². The van der Waals surface area contributed by atoms with E-state index in [2.05, 4.69) is 85.4 Å². The third-order valence-corrected chi connectivity index (χ3v) is 7.41. The van der Waals surface area contributed by atoms with Gasteiger partial charge in [0.2, 0.25) is 5.91 Å². The molecule has 0 aliphatic carbocycles. The van der Waals surface area contributed by atoms with Gasteiger partial charge < -0.3 is 9.30 Å². The number of amides is 3. The molecule has 1 saturated heterocycles. The molecular formula is C29H35N5O3. The van der Waals surface area contributed by atoms with Crippen molar-refractivity contribution in [2.24, 2.45) is 12.5 Å². The molecule has 1 unspecified atom stereocenters. The quantitative estimate of drug-likeness (QED) is 0.522. The molecule has 3 heterocycles. The van der Waals surface area contributed by atoms with Gasteiger partial charge in [-0.3, -0.25) is 19.9 Å². The van der Waals surface area contributed by atoms with Crippen LogP contribution < -0.4 is 15.0 Å². The summed E-state index contributed by atoms with van der Waals surface area (Å²) in [6.45, 7) is 11.7. The monoisotopic (exact) mass is 501 g/mol. The van der Waals surface area contributed by atoms with Crippen LogP contribution in [0.2, 0.25) is 0 Å². The number of carbonyl (C=O) groups excluding carboxylic acids is 2. The minimum atomic E-state index is -0.404. The molecule has 3 aromatic rings. The van der Waals surface area contributed by atoms with Gasteiger partial charge >= 0.3 is 6.03 Å². The van der Waals surface area contributed by atoms with Crippen LogP contribution in [0.15, 0.2) is 48.7 Å². The fourth-order valence-electron chi connectivity index (χ4n) is 4.73. The van der Waals surface area contributed by atoms with Gasteiger partial charge in [0.15, 0.2) is 0 Å². The summed E-state index contributed by atoms with van der Waals surface area (Å²) in [6, 6.07) is 14.5. The summed E-state index contributed by atoms with van der Waals surface area (Å²) >= 11 is 0. The second-order valence-electron chi connectivity index (χ2n) is 11.2. The van der Waals surface area contributed by atoms with Gasteiger partial charge in [-0.1, -0.05) is 45.0 Å². The van der Waals surface area contributed by atoms with Crippen LogP contribution in [0.4, 0.5) is 10.6 Å². The zero-order valence-corrected chi connectivity index (χ0v) is 22.2. The number of imide groups is 1. The van der Waals surface area contributed by atoms with E-state index < -0.39 is 6.03 Å². The van der Waals surface area contributed by atoms with Crippen molar-refractivity contribution in [2.45, 2.75) is 59.9 Å². The van der Waals surface area contributed by atoms with E-state index in [1.807, 2.05) is 11.6 Å². The number of hydrogen-bond acceptors (Lipinski definition) is 5. The van der Waals surface area contributed by atoms with Gasteiger partial charge in [-0.25, -0.2) is 9.78 Å². The van der Waals surface area contributed by atoms with E-state index in [-0.39, 0.29) is 23.8 Å². The number of fused-ring (bicyclic) bond motifs is 1. The highest BCUT2D eigenvalue weighted by molar-refractivity contribution is 6.05. The molecule has 2 aromatic carbocycles. The number of hydrogen-bond donors (Lipinski definition) is 1. The Labute approximate surface area is 218 Å². The van der Waals surface area contributed by atoms with Crippen LogP contribution in [-0.4, -0.2) is 39.0 Å². The second kappa shape index (κ2) is 9.67. The summed E-state index contributed by atoms with van der Waals surface area (Å²) in [6.07, 6.45) is 2.11. The van der Waals surface area contributed by atoms with Gasteiger partial charge in [-0.15, -0.1) is 0 Å². The number of urea groups is 1. The van der Waals surface area contributed by atoms with Crippen LogP contribution in [0.3, 0.4) is 0 Å². The number of carbonyl (C=O) groups is 2. The van der Waals surface area contributed by atoms with E-state index in [4.69, 9.17) is 4.74 Å². The summed E-state index contributed by atoms with van der Waals surface area (Å²) in [5, 5.41) is 2.37. The Morgan fingerprint density at radius 3 is 2.49 bits per heavy atom. The third-order valence-electron chi connectivity index (χ3n) is 7.41. The van der Waals surface area contributed by atoms with Crippen molar-refractivity contribution >= 4 is 17.8 Å². The topological polar surface area (TPSA) is 79.7 Å². The van der Waals surface area contributed by atoms with Gasteiger partial charge in [0.05, 0.1) is 6.20 Å². The Morgan fingerprint density at radius 1 is 1.05 bits per heavy atom. The second-order valence-corrected chi connectivity index (χ2v) is 11.2. The first-order valence-corrected chi connectivity index (χ1v) is 12.8. The van der Waals surface area contributed by atoms with E-state index in [0.29, 0.717) is 12.4 Å². The Hall–Kier alpha value is -3.65. The maximum absolute atomic E-state index is 12.3. The van der Waals surface area contributed by atoms with Crippen LogP contribution in [-0.2, 0) is 31.5 Å². The molecule has 0 saturated carbocycles. The van der Waals surface area contributed by atoms with Gasteiger partial charge in [-0.05, 0) is 47.2 Å². The molecule has 2 aliphatic heterocycles. The number of nitrogens with one attached hydrogen (secondary N) is 1. The molecule has 0 spiro atoms. The number of ether oxygens (including phenoxy) is 1. The summed E-state index contributed by atoms with van der Waals surface area (Å²) in [5.41, 5.74) is 4.99. The molecule has 0 bridgehead atoms. The Morgan fingerprint density at radius 2 is 1.78 bits per heavy atom. The maximum atomic E-state index is 12.3. The van der Waals surface area contributed by atoms with Crippen molar-refractivity contribution in [1.82, 2.24) is 19.8 Å². The highest BCUT2D eigenvalue weighted by atomic mass is 16.5. The zero-order chi connectivity index (χ0) is 26.3. The molecule has 8 nitrogen and oxygen atoms in total. The molecule has 37 heavy (non-hydrogen) atoms. The van der Waals surface area contributed by atoms with Gasteiger partial charge in [0.1, 0.15) is 23.5 Å². The van der Waals surface area contributed by atoms with E-state index in [0.717, 1.165) is 36.8 Å². The molecule has 8 heteroatoms. The lowest BCUT2D eigenvalue weighted by Gasteiger charge is -2.28. The SMILES string of the molecule is CC(Oc1ccc(CN2Cc3ccc(-c4ncc(N5CCC(=O)NC5=O)n4C)cc3C2)cc1)C(C)(C)C. The van der Waals surface area contributed by atoms with Crippen molar-refractivity contribution in [1.29, 1.82) is 0 Å². The van der Waals surface area contributed by atoms with E-state index in [1.165, 1.54) is 16.7 Å². The summed E-state index contributed by atoms with van der Waals surface area (Å²) in [5.74, 6) is 2.13. The molecule has 1 aromatic heterocycles. The molecule has 1 atom stereocenters. The average molecular weight is 502 g/mol. The minimum Gasteiger partial charge on any atom is -0.490 e. The lowest BCUT2D eigenvalue weighted by atomic mass is 9.90. The minimum absolute atomic E-state index is 0.0952. The van der Waals surface area contributed by atoms with Crippen molar-refractivity contribution in [2.75, 3.05) is 11.4 Å².